The van der Waals surface area contributed by atoms with E-state index in [1.165, 1.54) is 30.3 Å². The molecule has 1 aliphatic rings. The van der Waals surface area contributed by atoms with Crippen molar-refractivity contribution in [2.75, 3.05) is 0 Å². The molecular formula is C27H22F6O. The highest BCUT2D eigenvalue weighted by molar-refractivity contribution is 5.74. The first-order valence-electron chi connectivity index (χ1n) is 11.0. The number of allylic oxidation sites excluding steroid dienone is 2. The summed E-state index contributed by atoms with van der Waals surface area (Å²) in [4.78, 5) is 0. The number of alkyl halides is 3. The summed E-state index contributed by atoms with van der Waals surface area (Å²) in [5.41, 5.74) is 3.01. The minimum absolute atomic E-state index is 0.0874. The Kier molecular flexibility index (Phi) is 6.73. The van der Waals surface area contributed by atoms with Crippen LogP contribution in [0.1, 0.15) is 42.0 Å². The average molecular weight is 476 g/mol. The first-order valence-corrected chi connectivity index (χ1v) is 11.0. The van der Waals surface area contributed by atoms with Crippen LogP contribution >= 0.6 is 0 Å². The smallest absolute Gasteiger partial charge is 0.406 e. The van der Waals surface area contributed by atoms with Crippen molar-refractivity contribution < 1.29 is 31.1 Å². The number of hydrogen-bond donors (Lipinski definition) is 0. The summed E-state index contributed by atoms with van der Waals surface area (Å²) in [5, 5.41) is 0. The van der Waals surface area contributed by atoms with Crippen molar-refractivity contribution in [3.8, 4) is 16.9 Å². The van der Waals surface area contributed by atoms with E-state index in [1.807, 2.05) is 6.92 Å². The molecule has 0 spiro atoms. The Balaban J connectivity index is 1.58. The van der Waals surface area contributed by atoms with E-state index in [1.54, 1.807) is 12.1 Å². The number of halogens is 6. The van der Waals surface area contributed by atoms with Crippen LogP contribution in [-0.4, -0.2) is 6.36 Å². The Morgan fingerprint density at radius 3 is 2.15 bits per heavy atom. The lowest BCUT2D eigenvalue weighted by atomic mass is 9.85. The normalized spacial score (nSPS) is 13.4. The molecule has 1 nitrogen and oxygen atoms in total. The van der Waals surface area contributed by atoms with Crippen LogP contribution in [-0.2, 0) is 19.3 Å². The molecule has 0 aliphatic heterocycles. The Labute approximate surface area is 193 Å². The number of rotatable bonds is 6. The van der Waals surface area contributed by atoms with Crippen LogP contribution in [0.4, 0.5) is 26.3 Å². The maximum Gasteiger partial charge on any atom is 0.573 e. The van der Waals surface area contributed by atoms with Crippen LogP contribution in [0.15, 0.2) is 54.6 Å². The average Bonchev–Trinajstić information content (AvgIpc) is 2.76. The maximum absolute atomic E-state index is 14.9. The molecule has 0 radical (unpaired) electrons. The molecular weight excluding hydrogens is 454 g/mol. The molecule has 0 saturated carbocycles. The molecule has 0 atom stereocenters. The summed E-state index contributed by atoms with van der Waals surface area (Å²) >= 11 is 0. The van der Waals surface area contributed by atoms with Gasteiger partial charge in [-0.15, -0.1) is 13.2 Å². The SMILES string of the molecule is CCCCc1cc(F)c(C2=CCc3cc(-c4ccc(OC(F)(F)F)cc4)c(F)cc3C2)c(F)c1. The maximum atomic E-state index is 14.9. The number of unbranched alkanes of at least 4 members (excludes halogenated alkanes) is 1. The predicted molar refractivity (Wildman–Crippen MR) is 119 cm³/mol. The fourth-order valence-corrected chi connectivity index (χ4v) is 4.23. The van der Waals surface area contributed by atoms with E-state index >= 15 is 0 Å². The van der Waals surface area contributed by atoms with Gasteiger partial charge in [0.15, 0.2) is 0 Å². The first-order chi connectivity index (χ1) is 16.1. The van der Waals surface area contributed by atoms with Gasteiger partial charge in [0.1, 0.15) is 23.2 Å². The number of benzene rings is 3. The minimum atomic E-state index is -4.81. The van der Waals surface area contributed by atoms with E-state index in [0.717, 1.165) is 30.5 Å². The molecule has 3 aromatic carbocycles. The van der Waals surface area contributed by atoms with Crippen molar-refractivity contribution in [3.63, 3.8) is 0 Å². The molecule has 1 aliphatic carbocycles. The highest BCUT2D eigenvalue weighted by atomic mass is 19.4. The van der Waals surface area contributed by atoms with Gasteiger partial charge in [-0.2, -0.15) is 0 Å². The van der Waals surface area contributed by atoms with Gasteiger partial charge in [-0.3, -0.25) is 0 Å². The molecule has 0 amide bonds. The summed E-state index contributed by atoms with van der Waals surface area (Å²) in [6.07, 6.45) is -0.185. The second-order valence-corrected chi connectivity index (χ2v) is 8.32. The lowest BCUT2D eigenvalue weighted by Gasteiger charge is -2.20. The third-order valence-electron chi connectivity index (χ3n) is 5.88. The van der Waals surface area contributed by atoms with Gasteiger partial charge < -0.3 is 4.74 Å². The molecule has 0 heterocycles. The number of fused-ring (bicyclic) bond motifs is 1. The third kappa shape index (κ3) is 5.29. The molecule has 0 aromatic heterocycles. The van der Waals surface area contributed by atoms with E-state index in [9.17, 15) is 26.3 Å². The lowest BCUT2D eigenvalue weighted by Crippen LogP contribution is -2.16. The van der Waals surface area contributed by atoms with E-state index < -0.39 is 29.6 Å². The topological polar surface area (TPSA) is 9.23 Å². The lowest BCUT2D eigenvalue weighted by molar-refractivity contribution is -0.274. The minimum Gasteiger partial charge on any atom is -0.406 e. The molecule has 0 fully saturated rings. The quantitative estimate of drug-likeness (QED) is 0.326. The Morgan fingerprint density at radius 2 is 1.53 bits per heavy atom. The zero-order valence-electron chi connectivity index (χ0n) is 18.4. The van der Waals surface area contributed by atoms with Crippen molar-refractivity contribution in [3.05, 3.63) is 94.3 Å². The van der Waals surface area contributed by atoms with Crippen LogP contribution in [0.5, 0.6) is 5.75 Å². The van der Waals surface area contributed by atoms with Crippen molar-refractivity contribution in [2.45, 2.75) is 45.4 Å². The number of hydrogen-bond acceptors (Lipinski definition) is 1. The zero-order chi connectivity index (χ0) is 24.5. The Bertz CT molecular complexity index is 1200. The van der Waals surface area contributed by atoms with Gasteiger partial charge in [-0.1, -0.05) is 31.6 Å². The summed E-state index contributed by atoms with van der Waals surface area (Å²) in [7, 11) is 0. The molecule has 178 valence electrons. The molecule has 0 N–H and O–H groups in total. The number of aryl methyl sites for hydroxylation is 1. The van der Waals surface area contributed by atoms with Crippen molar-refractivity contribution in [1.29, 1.82) is 0 Å². The Morgan fingerprint density at radius 1 is 0.853 bits per heavy atom. The van der Waals surface area contributed by atoms with Crippen LogP contribution in [0.3, 0.4) is 0 Å². The van der Waals surface area contributed by atoms with Crippen molar-refractivity contribution in [1.82, 2.24) is 0 Å². The van der Waals surface area contributed by atoms with Gasteiger partial charge in [0, 0.05) is 11.1 Å². The van der Waals surface area contributed by atoms with Gasteiger partial charge in [-0.05, 0) is 89.9 Å². The van der Waals surface area contributed by atoms with Gasteiger partial charge >= 0.3 is 6.36 Å². The van der Waals surface area contributed by atoms with Crippen LogP contribution in [0, 0.1) is 17.5 Å². The van der Waals surface area contributed by atoms with E-state index in [2.05, 4.69) is 4.74 Å². The molecule has 34 heavy (non-hydrogen) atoms. The highest BCUT2D eigenvalue weighted by Crippen LogP contribution is 2.35. The standard InChI is InChI=1S/C27H22F6O/c1-2-3-4-16-11-24(29)26(25(30)12-16)19-6-5-18-14-22(23(28)15-20(18)13-19)17-7-9-21(10-8-17)34-27(31,32)33/h6-12,14-15H,2-5,13H2,1H3. The second-order valence-electron chi connectivity index (χ2n) is 8.32. The molecule has 3 aromatic rings. The highest BCUT2D eigenvalue weighted by Gasteiger charge is 2.31. The summed E-state index contributed by atoms with van der Waals surface area (Å²) in [6.45, 7) is 2.01. The van der Waals surface area contributed by atoms with Gasteiger partial charge in [-0.25, -0.2) is 13.2 Å². The molecule has 0 bridgehead atoms. The van der Waals surface area contributed by atoms with Gasteiger partial charge in [0.25, 0.3) is 0 Å². The second kappa shape index (κ2) is 9.57. The van der Waals surface area contributed by atoms with Crippen molar-refractivity contribution in [2.24, 2.45) is 0 Å². The van der Waals surface area contributed by atoms with E-state index in [0.29, 0.717) is 35.1 Å². The third-order valence-corrected chi connectivity index (χ3v) is 5.88. The van der Waals surface area contributed by atoms with Gasteiger partial charge in [0.05, 0.1) is 0 Å². The summed E-state index contributed by atoms with van der Waals surface area (Å²) < 4.78 is 85.4. The monoisotopic (exact) mass is 476 g/mol. The number of ether oxygens (including phenoxy) is 1. The first kappa shape index (κ1) is 23.9. The summed E-state index contributed by atoms with van der Waals surface area (Å²) in [5.74, 6) is -2.22. The van der Waals surface area contributed by atoms with Crippen LogP contribution < -0.4 is 4.74 Å². The molecule has 0 unspecified atom stereocenters. The molecule has 0 saturated heterocycles. The van der Waals surface area contributed by atoms with E-state index in [-0.39, 0.29) is 17.5 Å². The van der Waals surface area contributed by atoms with Crippen molar-refractivity contribution >= 4 is 5.57 Å². The zero-order valence-corrected chi connectivity index (χ0v) is 18.4. The Hall–Kier alpha value is -3.22. The van der Waals surface area contributed by atoms with E-state index in [4.69, 9.17) is 0 Å². The summed E-state index contributed by atoms with van der Waals surface area (Å²) in [6, 6.07) is 10.6. The molecule has 7 heteroatoms. The predicted octanol–water partition coefficient (Wildman–Crippen LogP) is 8.19. The fraction of sp³-hybridized carbons (Fsp3) is 0.259. The van der Waals surface area contributed by atoms with Crippen LogP contribution in [0.2, 0.25) is 0 Å². The molecule has 4 rings (SSSR count). The van der Waals surface area contributed by atoms with Gasteiger partial charge in [0.2, 0.25) is 0 Å². The van der Waals surface area contributed by atoms with Crippen LogP contribution in [0.25, 0.3) is 16.7 Å². The fourth-order valence-electron chi connectivity index (χ4n) is 4.23. The largest absolute Gasteiger partial charge is 0.573 e.